The first-order valence-electron chi connectivity index (χ1n) is 11.3. The van der Waals surface area contributed by atoms with E-state index in [1.54, 1.807) is 17.9 Å². The van der Waals surface area contributed by atoms with Gasteiger partial charge in [-0.15, -0.1) is 11.3 Å². The number of amides is 3. The van der Waals surface area contributed by atoms with Crippen LogP contribution in [0.2, 0.25) is 5.02 Å². The molecule has 0 radical (unpaired) electrons. The van der Waals surface area contributed by atoms with E-state index in [1.807, 2.05) is 20.8 Å². The number of carbonyl (C=O) groups excluding carboxylic acids is 2. The molecule has 0 aliphatic carbocycles. The van der Waals surface area contributed by atoms with Crippen molar-refractivity contribution in [3.8, 4) is 5.69 Å². The molecule has 0 saturated carbocycles. The molecule has 2 aromatic heterocycles. The molecule has 1 aliphatic heterocycles. The summed E-state index contributed by atoms with van der Waals surface area (Å²) in [7, 11) is 0. The predicted molar refractivity (Wildman–Crippen MR) is 136 cm³/mol. The average Bonchev–Trinajstić information content (AvgIpc) is 3.36. The van der Waals surface area contributed by atoms with Crippen LogP contribution in [0.4, 0.5) is 24.4 Å². The van der Waals surface area contributed by atoms with E-state index in [4.69, 9.17) is 16.3 Å². The highest BCUT2D eigenvalue weighted by molar-refractivity contribution is 7.19. The summed E-state index contributed by atoms with van der Waals surface area (Å²) in [6, 6.07) is 4.11. The van der Waals surface area contributed by atoms with Gasteiger partial charge in [0.05, 0.1) is 23.9 Å². The van der Waals surface area contributed by atoms with Gasteiger partial charge in [-0.25, -0.2) is 18.3 Å². The van der Waals surface area contributed by atoms with E-state index in [0.29, 0.717) is 47.4 Å². The molecule has 2 N–H and O–H groups in total. The Morgan fingerprint density at radius 2 is 1.83 bits per heavy atom. The van der Waals surface area contributed by atoms with E-state index >= 15 is 0 Å². The van der Waals surface area contributed by atoms with E-state index < -0.39 is 23.1 Å². The van der Waals surface area contributed by atoms with Gasteiger partial charge in [0.15, 0.2) is 5.82 Å². The van der Waals surface area contributed by atoms with Crippen LogP contribution >= 0.6 is 22.9 Å². The minimum absolute atomic E-state index is 0.0176. The van der Waals surface area contributed by atoms with Crippen LogP contribution in [0.1, 0.15) is 41.7 Å². The number of urea groups is 1. The molecule has 3 aromatic rings. The van der Waals surface area contributed by atoms with Gasteiger partial charge in [-0.2, -0.15) is 5.10 Å². The van der Waals surface area contributed by atoms with Crippen LogP contribution < -0.4 is 10.6 Å². The third-order valence-corrected chi connectivity index (χ3v) is 7.43. The summed E-state index contributed by atoms with van der Waals surface area (Å²) in [6.07, 6.45) is 0. The maximum absolute atomic E-state index is 14.5. The molecule has 192 valence electrons. The smallest absolute Gasteiger partial charge is 0.325 e. The standard InChI is InChI=1S/C24H26ClF2N5O3S/c1-13-19(25)20(22(33)31-7-9-35-10-8-31)36-21(13)29-23(34)28-18-12-17(24(2,3)4)30-32(18)16-6-5-14(26)11-15(16)27/h5-6,11-12H,7-10H2,1-4H3,(H2,28,29,34). The Bertz CT molecular complexity index is 1310. The van der Waals surface area contributed by atoms with Gasteiger partial charge in [0.25, 0.3) is 5.91 Å². The highest BCUT2D eigenvalue weighted by Crippen LogP contribution is 2.37. The molecule has 0 unspecified atom stereocenters. The maximum Gasteiger partial charge on any atom is 0.325 e. The lowest BCUT2D eigenvalue weighted by Crippen LogP contribution is -2.40. The molecule has 1 aromatic carbocycles. The zero-order chi connectivity index (χ0) is 26.2. The Hall–Kier alpha value is -3.02. The van der Waals surface area contributed by atoms with Crippen molar-refractivity contribution >= 4 is 45.7 Å². The Balaban J connectivity index is 1.59. The van der Waals surface area contributed by atoms with Gasteiger partial charge >= 0.3 is 6.03 Å². The number of nitrogens with zero attached hydrogens (tertiary/aromatic N) is 3. The molecule has 1 fully saturated rings. The molecule has 0 atom stereocenters. The zero-order valence-electron chi connectivity index (χ0n) is 20.2. The lowest BCUT2D eigenvalue weighted by atomic mass is 9.92. The van der Waals surface area contributed by atoms with Crippen LogP contribution in [0.15, 0.2) is 24.3 Å². The second-order valence-corrected chi connectivity index (χ2v) is 10.8. The van der Waals surface area contributed by atoms with Crippen LogP contribution in [0.25, 0.3) is 5.69 Å². The Kier molecular flexibility index (Phi) is 7.35. The second-order valence-electron chi connectivity index (χ2n) is 9.36. The van der Waals surface area contributed by atoms with E-state index in [9.17, 15) is 18.4 Å². The fraction of sp³-hybridized carbons (Fsp3) is 0.375. The van der Waals surface area contributed by atoms with E-state index in [-0.39, 0.29) is 22.4 Å². The number of benzene rings is 1. The molecule has 3 amide bonds. The lowest BCUT2D eigenvalue weighted by Gasteiger charge is -2.26. The number of carbonyl (C=O) groups is 2. The van der Waals surface area contributed by atoms with Crippen molar-refractivity contribution in [2.75, 3.05) is 36.9 Å². The first-order chi connectivity index (χ1) is 17.0. The van der Waals surface area contributed by atoms with Gasteiger partial charge in [-0.05, 0) is 19.1 Å². The second kappa shape index (κ2) is 10.2. The number of hydrogen-bond acceptors (Lipinski definition) is 5. The quantitative estimate of drug-likeness (QED) is 0.454. The van der Waals surface area contributed by atoms with Crippen molar-refractivity contribution in [2.45, 2.75) is 33.1 Å². The number of halogens is 3. The third kappa shape index (κ3) is 5.37. The molecular formula is C24H26ClF2N5O3S. The minimum Gasteiger partial charge on any atom is -0.378 e. The van der Waals surface area contributed by atoms with Gasteiger partial charge in [0.1, 0.15) is 27.2 Å². The summed E-state index contributed by atoms with van der Waals surface area (Å²) < 4.78 is 34.5. The molecule has 3 heterocycles. The van der Waals surface area contributed by atoms with Gasteiger partial charge in [0, 0.05) is 36.2 Å². The average molecular weight is 538 g/mol. The summed E-state index contributed by atoms with van der Waals surface area (Å²) in [5, 5.41) is 10.5. The summed E-state index contributed by atoms with van der Waals surface area (Å²) in [5.41, 5.74) is 0.731. The first-order valence-corrected chi connectivity index (χ1v) is 12.4. The van der Waals surface area contributed by atoms with Crippen molar-refractivity contribution in [2.24, 2.45) is 0 Å². The molecule has 0 spiro atoms. The van der Waals surface area contributed by atoms with E-state index in [1.165, 1.54) is 10.7 Å². The van der Waals surface area contributed by atoms with Gasteiger partial charge in [0.2, 0.25) is 0 Å². The Morgan fingerprint density at radius 3 is 2.47 bits per heavy atom. The van der Waals surface area contributed by atoms with Crippen LogP contribution in [0, 0.1) is 18.6 Å². The molecule has 12 heteroatoms. The Labute approximate surface area is 216 Å². The Morgan fingerprint density at radius 1 is 1.14 bits per heavy atom. The van der Waals surface area contributed by atoms with Crippen LogP contribution in [-0.2, 0) is 10.2 Å². The van der Waals surface area contributed by atoms with Crippen LogP contribution in [-0.4, -0.2) is 52.9 Å². The molecule has 1 aliphatic rings. The van der Waals surface area contributed by atoms with Crippen molar-refractivity contribution in [3.05, 3.63) is 57.1 Å². The maximum atomic E-state index is 14.5. The highest BCUT2D eigenvalue weighted by Gasteiger charge is 2.27. The number of ether oxygens (including phenoxy) is 1. The van der Waals surface area contributed by atoms with Gasteiger partial charge in [-0.1, -0.05) is 32.4 Å². The van der Waals surface area contributed by atoms with Crippen molar-refractivity contribution < 1.29 is 23.1 Å². The van der Waals surface area contributed by atoms with Crippen LogP contribution in [0.5, 0.6) is 0 Å². The number of thiophene rings is 1. The minimum atomic E-state index is -0.825. The SMILES string of the molecule is Cc1c(NC(=O)Nc2cc(C(C)(C)C)nn2-c2ccc(F)cc2F)sc(C(=O)N2CCOCC2)c1Cl. The summed E-state index contributed by atoms with van der Waals surface area (Å²) in [6.45, 7) is 9.34. The molecule has 8 nitrogen and oxygen atoms in total. The fourth-order valence-electron chi connectivity index (χ4n) is 3.58. The summed E-state index contributed by atoms with van der Waals surface area (Å²) in [4.78, 5) is 27.8. The van der Waals surface area contributed by atoms with Crippen molar-refractivity contribution in [1.82, 2.24) is 14.7 Å². The number of aromatic nitrogens is 2. The zero-order valence-corrected chi connectivity index (χ0v) is 21.8. The summed E-state index contributed by atoms with van der Waals surface area (Å²) in [5.74, 6) is -1.58. The van der Waals surface area contributed by atoms with Gasteiger partial charge in [-0.3, -0.25) is 15.4 Å². The molecule has 36 heavy (non-hydrogen) atoms. The highest BCUT2D eigenvalue weighted by atomic mass is 35.5. The van der Waals surface area contributed by atoms with E-state index in [2.05, 4.69) is 15.7 Å². The summed E-state index contributed by atoms with van der Waals surface area (Å²) >= 11 is 7.52. The predicted octanol–water partition coefficient (Wildman–Crippen LogP) is 5.59. The monoisotopic (exact) mass is 537 g/mol. The topological polar surface area (TPSA) is 88.5 Å². The van der Waals surface area contributed by atoms with Crippen molar-refractivity contribution in [3.63, 3.8) is 0 Å². The normalized spacial score (nSPS) is 14.1. The number of nitrogens with one attached hydrogen (secondary N) is 2. The molecule has 4 rings (SSSR count). The number of rotatable bonds is 4. The number of morpholine rings is 1. The van der Waals surface area contributed by atoms with E-state index in [0.717, 1.165) is 23.5 Å². The third-order valence-electron chi connectivity index (χ3n) is 5.65. The number of anilines is 2. The lowest BCUT2D eigenvalue weighted by molar-refractivity contribution is 0.0306. The number of hydrogen-bond donors (Lipinski definition) is 2. The fourth-order valence-corrected chi connectivity index (χ4v) is 4.99. The van der Waals surface area contributed by atoms with Crippen LogP contribution in [0.3, 0.4) is 0 Å². The molecule has 1 saturated heterocycles. The van der Waals surface area contributed by atoms with Crippen molar-refractivity contribution in [1.29, 1.82) is 0 Å². The molecular weight excluding hydrogens is 512 g/mol. The first kappa shape index (κ1) is 26.1. The molecule has 0 bridgehead atoms. The van der Waals surface area contributed by atoms with Gasteiger partial charge < -0.3 is 9.64 Å². The largest absolute Gasteiger partial charge is 0.378 e.